The zero-order chi connectivity index (χ0) is 19.0. The smallest absolute Gasteiger partial charge is 0.342 e. The van der Waals surface area contributed by atoms with Crippen molar-refractivity contribution in [3.05, 3.63) is 58.9 Å². The molecule has 0 saturated carbocycles. The van der Waals surface area contributed by atoms with Crippen LogP contribution in [0, 0.1) is 6.92 Å². The lowest BCUT2D eigenvalue weighted by Crippen LogP contribution is -2.14. The van der Waals surface area contributed by atoms with E-state index in [1.54, 1.807) is 6.20 Å². The summed E-state index contributed by atoms with van der Waals surface area (Å²) < 4.78 is 5.42. The Balaban J connectivity index is 0.00000225. The number of benzene rings is 1. The topological polar surface area (TPSA) is 64.1 Å². The van der Waals surface area contributed by atoms with Crippen LogP contribution in [-0.2, 0) is 17.6 Å². The van der Waals surface area contributed by atoms with Gasteiger partial charge in [0.2, 0.25) is 0 Å². The van der Waals surface area contributed by atoms with Gasteiger partial charge in [0.05, 0.1) is 11.8 Å². The summed E-state index contributed by atoms with van der Waals surface area (Å²) in [5.74, 6) is -0.386. The van der Waals surface area contributed by atoms with E-state index in [1.165, 1.54) is 17.5 Å². The number of hydrogen-bond acceptors (Lipinski definition) is 5. The molecular formula is C22H24ClN3O2. The highest BCUT2D eigenvalue weighted by atomic mass is 35.5. The molecule has 0 fully saturated rings. The van der Waals surface area contributed by atoms with Crippen LogP contribution in [-0.4, -0.2) is 22.0 Å². The van der Waals surface area contributed by atoms with Gasteiger partial charge < -0.3 is 10.1 Å². The fourth-order valence-electron chi connectivity index (χ4n) is 3.53. The number of anilines is 2. The van der Waals surface area contributed by atoms with Crippen LogP contribution in [0.2, 0.25) is 0 Å². The Bertz CT molecular complexity index is 1030. The Kier molecular flexibility index (Phi) is 5.84. The normalized spacial score (nSPS) is 12.6. The van der Waals surface area contributed by atoms with Gasteiger partial charge in [-0.1, -0.05) is 6.07 Å². The monoisotopic (exact) mass is 397 g/mol. The van der Waals surface area contributed by atoms with Gasteiger partial charge in [0.15, 0.2) is 5.65 Å². The van der Waals surface area contributed by atoms with Crippen molar-refractivity contribution >= 4 is 40.8 Å². The van der Waals surface area contributed by atoms with Gasteiger partial charge in [-0.25, -0.2) is 14.8 Å². The van der Waals surface area contributed by atoms with E-state index in [0.717, 1.165) is 29.6 Å². The average molecular weight is 398 g/mol. The molecule has 0 unspecified atom stereocenters. The number of nitrogens with zero attached hydrogens (tertiary/aromatic N) is 2. The molecule has 1 aliphatic carbocycles. The van der Waals surface area contributed by atoms with Gasteiger partial charge >= 0.3 is 5.97 Å². The first-order valence-electron chi connectivity index (χ1n) is 9.37. The first-order valence-corrected chi connectivity index (χ1v) is 9.37. The second-order valence-corrected chi connectivity index (χ2v) is 7.29. The van der Waals surface area contributed by atoms with E-state index in [4.69, 9.17) is 4.74 Å². The Morgan fingerprint density at radius 2 is 1.93 bits per heavy atom. The number of carbonyl (C=O) groups excluding carboxylic acids is 1. The number of carbonyl (C=O) groups is 1. The van der Waals surface area contributed by atoms with Crippen molar-refractivity contribution in [3.8, 4) is 0 Å². The number of aromatic nitrogens is 2. The van der Waals surface area contributed by atoms with Crippen LogP contribution in [0.25, 0.3) is 11.0 Å². The van der Waals surface area contributed by atoms with Gasteiger partial charge in [0.1, 0.15) is 5.56 Å². The largest absolute Gasteiger partial charge is 0.459 e. The third-order valence-electron chi connectivity index (χ3n) is 4.80. The Hall–Kier alpha value is -2.66. The van der Waals surface area contributed by atoms with Gasteiger partial charge in [0.25, 0.3) is 0 Å². The summed E-state index contributed by atoms with van der Waals surface area (Å²) in [5.41, 5.74) is 6.35. The molecule has 0 amide bonds. The molecule has 0 aliphatic heterocycles. The molecule has 28 heavy (non-hydrogen) atoms. The summed E-state index contributed by atoms with van der Waals surface area (Å²) in [6.45, 7) is 5.60. The molecule has 1 aliphatic rings. The third kappa shape index (κ3) is 3.94. The highest BCUT2D eigenvalue weighted by Crippen LogP contribution is 2.32. The van der Waals surface area contributed by atoms with Crippen LogP contribution >= 0.6 is 12.4 Å². The predicted molar refractivity (Wildman–Crippen MR) is 114 cm³/mol. The lowest BCUT2D eigenvalue weighted by molar-refractivity contribution is 0.0379. The highest BCUT2D eigenvalue weighted by Gasteiger charge is 2.19. The van der Waals surface area contributed by atoms with Gasteiger partial charge in [-0.2, -0.15) is 0 Å². The second kappa shape index (κ2) is 8.15. The summed E-state index contributed by atoms with van der Waals surface area (Å²) in [5, 5.41) is 4.24. The Labute approximate surface area is 171 Å². The minimum atomic E-state index is -0.386. The minimum Gasteiger partial charge on any atom is -0.459 e. The maximum Gasteiger partial charge on any atom is 0.342 e. The SMILES string of the molecule is Cc1ccc2c(Nc3ccc4c(c3)CCC4)c(C(=O)OC(C)C)cnc2n1.Cl. The molecule has 0 saturated heterocycles. The number of ether oxygens (including phenoxy) is 1. The maximum atomic E-state index is 12.6. The number of hydrogen-bond donors (Lipinski definition) is 1. The number of fused-ring (bicyclic) bond motifs is 2. The molecule has 3 aromatic rings. The number of aryl methyl sites for hydroxylation is 3. The van der Waals surface area contributed by atoms with E-state index in [2.05, 4.69) is 33.5 Å². The molecule has 0 spiro atoms. The van der Waals surface area contributed by atoms with Gasteiger partial charge in [-0.05, 0) is 75.4 Å². The Morgan fingerprint density at radius 3 is 2.71 bits per heavy atom. The van der Waals surface area contributed by atoms with Crippen LogP contribution in [0.15, 0.2) is 36.5 Å². The van der Waals surface area contributed by atoms with Crippen molar-refractivity contribution in [1.82, 2.24) is 9.97 Å². The fourth-order valence-corrected chi connectivity index (χ4v) is 3.53. The molecule has 2 heterocycles. The van der Waals surface area contributed by atoms with Crippen molar-refractivity contribution in [1.29, 1.82) is 0 Å². The van der Waals surface area contributed by atoms with Crippen molar-refractivity contribution < 1.29 is 9.53 Å². The highest BCUT2D eigenvalue weighted by molar-refractivity contribution is 6.05. The molecule has 1 N–H and O–H groups in total. The summed E-state index contributed by atoms with van der Waals surface area (Å²) in [6.07, 6.45) is 4.80. The standard InChI is InChI=1S/C22H23N3O2.ClH/c1-13(2)27-22(26)19-12-23-21-18(10-7-14(3)24-21)20(19)25-17-9-8-15-5-4-6-16(15)11-17;/h7-13H,4-6H2,1-3H3,(H,23,24,25);1H. The fraction of sp³-hybridized carbons (Fsp3) is 0.318. The summed E-state index contributed by atoms with van der Waals surface area (Å²) in [6, 6.07) is 10.3. The van der Waals surface area contributed by atoms with Crippen LogP contribution in [0.1, 0.15) is 47.4 Å². The van der Waals surface area contributed by atoms with E-state index in [0.29, 0.717) is 16.9 Å². The molecule has 0 bridgehead atoms. The van der Waals surface area contributed by atoms with Gasteiger partial charge in [-0.15, -0.1) is 12.4 Å². The van der Waals surface area contributed by atoms with Crippen LogP contribution in [0.4, 0.5) is 11.4 Å². The van der Waals surface area contributed by atoms with Crippen LogP contribution in [0.5, 0.6) is 0 Å². The zero-order valence-electron chi connectivity index (χ0n) is 16.3. The number of rotatable bonds is 4. The lowest BCUT2D eigenvalue weighted by atomic mass is 10.1. The number of esters is 1. The number of pyridine rings is 2. The van der Waals surface area contributed by atoms with Crippen LogP contribution in [0.3, 0.4) is 0 Å². The molecule has 6 heteroatoms. The molecule has 0 atom stereocenters. The van der Waals surface area contributed by atoms with Crippen molar-refractivity contribution in [2.45, 2.75) is 46.1 Å². The molecule has 146 valence electrons. The minimum absolute atomic E-state index is 0. The van der Waals surface area contributed by atoms with Gasteiger partial charge in [-0.3, -0.25) is 0 Å². The maximum absolute atomic E-state index is 12.6. The van der Waals surface area contributed by atoms with Gasteiger partial charge in [0, 0.05) is 23.0 Å². The van der Waals surface area contributed by atoms with Crippen molar-refractivity contribution in [2.75, 3.05) is 5.32 Å². The molecule has 4 rings (SSSR count). The lowest BCUT2D eigenvalue weighted by Gasteiger charge is -2.16. The predicted octanol–water partition coefficient (Wildman–Crippen LogP) is 5.16. The van der Waals surface area contributed by atoms with E-state index in [1.807, 2.05) is 32.9 Å². The molecule has 1 aromatic carbocycles. The molecule has 0 radical (unpaired) electrons. The van der Waals surface area contributed by atoms with Crippen molar-refractivity contribution in [2.24, 2.45) is 0 Å². The number of nitrogens with one attached hydrogen (secondary N) is 1. The number of halogens is 1. The molecular weight excluding hydrogens is 374 g/mol. The molecule has 2 aromatic heterocycles. The zero-order valence-corrected chi connectivity index (χ0v) is 17.1. The second-order valence-electron chi connectivity index (χ2n) is 7.29. The molecule has 5 nitrogen and oxygen atoms in total. The van der Waals surface area contributed by atoms with E-state index >= 15 is 0 Å². The van der Waals surface area contributed by atoms with Crippen molar-refractivity contribution in [3.63, 3.8) is 0 Å². The van der Waals surface area contributed by atoms with E-state index in [-0.39, 0.29) is 24.5 Å². The quantitative estimate of drug-likeness (QED) is 0.616. The summed E-state index contributed by atoms with van der Waals surface area (Å²) in [4.78, 5) is 21.5. The Morgan fingerprint density at radius 1 is 1.14 bits per heavy atom. The third-order valence-corrected chi connectivity index (χ3v) is 4.80. The van der Waals surface area contributed by atoms with Crippen LogP contribution < -0.4 is 5.32 Å². The summed E-state index contributed by atoms with van der Waals surface area (Å²) >= 11 is 0. The summed E-state index contributed by atoms with van der Waals surface area (Å²) in [7, 11) is 0. The average Bonchev–Trinajstić information content (AvgIpc) is 3.08. The first-order chi connectivity index (χ1) is 13.0. The first kappa shape index (κ1) is 20.1. The van der Waals surface area contributed by atoms with E-state index in [9.17, 15) is 4.79 Å². The van der Waals surface area contributed by atoms with E-state index < -0.39 is 0 Å².